The van der Waals surface area contributed by atoms with E-state index in [0.717, 1.165) is 18.3 Å². The average Bonchev–Trinajstić information content (AvgIpc) is 2.67. The molecule has 0 radical (unpaired) electrons. The van der Waals surface area contributed by atoms with Crippen molar-refractivity contribution in [2.24, 2.45) is 17.3 Å². The SMILES string of the molecule is CC[C@]1(CCC2CCC(CC/C=C/CCF)CC2)CC[C@@H](OC)CC1. The Bertz CT molecular complexity index is 362. The Morgan fingerprint density at radius 2 is 1.52 bits per heavy atom. The molecular formula is C23H41FO. The number of hydrogen-bond acceptors (Lipinski definition) is 1. The first-order chi connectivity index (χ1) is 12.2. The molecule has 0 heterocycles. The molecule has 0 aromatic carbocycles. The summed E-state index contributed by atoms with van der Waals surface area (Å²) in [5, 5.41) is 0. The largest absolute Gasteiger partial charge is 0.381 e. The minimum Gasteiger partial charge on any atom is -0.381 e. The molecule has 0 aromatic heterocycles. The molecule has 0 N–H and O–H groups in total. The Labute approximate surface area is 155 Å². The third-order valence-electron chi connectivity index (χ3n) is 7.31. The number of halogens is 1. The predicted octanol–water partition coefficient (Wildman–Crippen LogP) is 7.25. The van der Waals surface area contributed by atoms with Crippen LogP contribution in [0.3, 0.4) is 0 Å². The predicted molar refractivity (Wildman–Crippen MR) is 106 cm³/mol. The number of allylic oxidation sites excluding steroid dienone is 2. The Morgan fingerprint density at radius 1 is 0.920 bits per heavy atom. The van der Waals surface area contributed by atoms with E-state index in [1.807, 2.05) is 13.2 Å². The Kier molecular flexibility index (Phi) is 9.52. The first-order valence-electron chi connectivity index (χ1n) is 10.9. The van der Waals surface area contributed by atoms with E-state index < -0.39 is 0 Å². The number of methoxy groups -OCH3 is 1. The van der Waals surface area contributed by atoms with Crippen LogP contribution in [0, 0.1) is 17.3 Å². The molecule has 25 heavy (non-hydrogen) atoms. The van der Waals surface area contributed by atoms with Crippen molar-refractivity contribution < 1.29 is 9.13 Å². The van der Waals surface area contributed by atoms with Gasteiger partial charge in [-0.3, -0.25) is 4.39 Å². The second kappa shape index (κ2) is 11.4. The van der Waals surface area contributed by atoms with Crippen molar-refractivity contribution >= 4 is 0 Å². The highest BCUT2D eigenvalue weighted by Gasteiger charge is 2.34. The Balaban J connectivity index is 1.63. The summed E-state index contributed by atoms with van der Waals surface area (Å²) >= 11 is 0. The van der Waals surface area contributed by atoms with Gasteiger partial charge in [0.05, 0.1) is 12.8 Å². The molecular weight excluding hydrogens is 311 g/mol. The summed E-state index contributed by atoms with van der Waals surface area (Å²) in [5.74, 6) is 1.89. The summed E-state index contributed by atoms with van der Waals surface area (Å²) in [6.45, 7) is 2.19. The molecule has 0 aromatic rings. The number of rotatable bonds is 10. The molecule has 0 aliphatic heterocycles. The fourth-order valence-electron chi connectivity index (χ4n) is 5.17. The van der Waals surface area contributed by atoms with E-state index in [-0.39, 0.29) is 6.67 Å². The maximum atomic E-state index is 12.1. The first-order valence-corrected chi connectivity index (χ1v) is 10.9. The van der Waals surface area contributed by atoms with E-state index in [0.29, 0.717) is 17.9 Å². The van der Waals surface area contributed by atoms with Gasteiger partial charge in [-0.25, -0.2) is 0 Å². The van der Waals surface area contributed by atoms with E-state index in [4.69, 9.17) is 4.74 Å². The molecule has 1 nitrogen and oxygen atoms in total. The summed E-state index contributed by atoms with van der Waals surface area (Å²) in [6.07, 6.45) is 23.1. The van der Waals surface area contributed by atoms with Crippen LogP contribution in [0.25, 0.3) is 0 Å². The van der Waals surface area contributed by atoms with Crippen LogP contribution in [0.1, 0.15) is 96.8 Å². The maximum absolute atomic E-state index is 12.1. The van der Waals surface area contributed by atoms with Gasteiger partial charge < -0.3 is 4.74 Å². The Morgan fingerprint density at radius 3 is 2.08 bits per heavy atom. The molecule has 2 aliphatic rings. The van der Waals surface area contributed by atoms with Gasteiger partial charge in [0.15, 0.2) is 0 Å². The number of alkyl halides is 1. The van der Waals surface area contributed by atoms with Crippen LogP contribution in [0.2, 0.25) is 0 Å². The molecule has 0 amide bonds. The summed E-state index contributed by atoms with van der Waals surface area (Å²) in [4.78, 5) is 0. The topological polar surface area (TPSA) is 9.23 Å². The highest BCUT2D eigenvalue weighted by molar-refractivity contribution is 4.87. The monoisotopic (exact) mass is 352 g/mol. The van der Waals surface area contributed by atoms with Crippen LogP contribution in [0.5, 0.6) is 0 Å². The molecule has 0 saturated heterocycles. The number of hydrogen-bond donors (Lipinski definition) is 0. The fraction of sp³-hybridized carbons (Fsp3) is 0.913. The van der Waals surface area contributed by atoms with Crippen LogP contribution in [-0.4, -0.2) is 19.9 Å². The minimum absolute atomic E-state index is 0.215. The van der Waals surface area contributed by atoms with Crippen LogP contribution < -0.4 is 0 Å². The fourth-order valence-corrected chi connectivity index (χ4v) is 5.17. The molecule has 2 fully saturated rings. The van der Waals surface area contributed by atoms with Gasteiger partial charge >= 0.3 is 0 Å². The van der Waals surface area contributed by atoms with Gasteiger partial charge in [-0.2, -0.15) is 0 Å². The summed E-state index contributed by atoms with van der Waals surface area (Å²) in [7, 11) is 1.87. The van der Waals surface area contributed by atoms with Crippen LogP contribution in [0.4, 0.5) is 4.39 Å². The summed E-state index contributed by atoms with van der Waals surface area (Å²) in [6, 6.07) is 0. The second-order valence-electron chi connectivity index (χ2n) is 8.74. The minimum atomic E-state index is -0.215. The van der Waals surface area contributed by atoms with E-state index in [9.17, 15) is 4.39 Å². The second-order valence-corrected chi connectivity index (χ2v) is 8.74. The Hall–Kier alpha value is -0.370. The molecule has 2 heteroatoms. The van der Waals surface area contributed by atoms with Crippen LogP contribution in [0.15, 0.2) is 12.2 Å². The van der Waals surface area contributed by atoms with Gasteiger partial charge in [0.1, 0.15) is 0 Å². The molecule has 0 bridgehead atoms. The van der Waals surface area contributed by atoms with Crippen LogP contribution in [-0.2, 0) is 4.74 Å². The zero-order valence-electron chi connectivity index (χ0n) is 16.8. The van der Waals surface area contributed by atoms with Crippen molar-refractivity contribution in [3.05, 3.63) is 12.2 Å². The van der Waals surface area contributed by atoms with Crippen molar-refractivity contribution in [2.45, 2.75) is 103 Å². The lowest BCUT2D eigenvalue weighted by atomic mass is 9.66. The van der Waals surface area contributed by atoms with Crippen molar-refractivity contribution in [3.63, 3.8) is 0 Å². The van der Waals surface area contributed by atoms with Crippen LogP contribution >= 0.6 is 0 Å². The first kappa shape index (κ1) is 20.9. The normalized spacial score (nSPS) is 33.8. The van der Waals surface area contributed by atoms with Gasteiger partial charge in [-0.1, -0.05) is 51.2 Å². The molecule has 2 rings (SSSR count). The highest BCUT2D eigenvalue weighted by atomic mass is 19.1. The highest BCUT2D eigenvalue weighted by Crippen LogP contribution is 2.45. The molecule has 0 unspecified atom stereocenters. The third kappa shape index (κ3) is 7.04. The molecule has 0 spiro atoms. The van der Waals surface area contributed by atoms with E-state index in [1.165, 1.54) is 77.0 Å². The molecule has 2 aliphatic carbocycles. The van der Waals surface area contributed by atoms with Crippen molar-refractivity contribution in [1.29, 1.82) is 0 Å². The molecule has 146 valence electrons. The van der Waals surface area contributed by atoms with Gasteiger partial charge in [-0.15, -0.1) is 0 Å². The summed E-state index contributed by atoms with van der Waals surface area (Å²) in [5.41, 5.74) is 0.618. The lowest BCUT2D eigenvalue weighted by Gasteiger charge is -2.41. The van der Waals surface area contributed by atoms with Crippen molar-refractivity contribution in [3.8, 4) is 0 Å². The van der Waals surface area contributed by atoms with Gasteiger partial charge in [-0.05, 0) is 75.0 Å². The zero-order chi connectivity index (χ0) is 18.0. The standard InChI is InChI=1S/C23H41FO/c1-3-23(17-14-22(25-2)15-18-23)16-13-21-11-9-20(10-12-21)8-6-4-5-7-19-24/h4-5,20-22H,3,6-19H2,1-2H3/b5-4+/t20?,21?,22-,23+. The quantitative estimate of drug-likeness (QED) is 0.376. The van der Waals surface area contributed by atoms with E-state index in [2.05, 4.69) is 13.0 Å². The lowest BCUT2D eigenvalue weighted by molar-refractivity contribution is 0.0181. The van der Waals surface area contributed by atoms with E-state index in [1.54, 1.807) is 0 Å². The average molecular weight is 353 g/mol. The summed E-state index contributed by atoms with van der Waals surface area (Å²) < 4.78 is 17.6. The lowest BCUT2D eigenvalue weighted by Crippen LogP contribution is -2.31. The van der Waals surface area contributed by atoms with E-state index >= 15 is 0 Å². The van der Waals surface area contributed by atoms with Crippen molar-refractivity contribution in [1.82, 2.24) is 0 Å². The zero-order valence-corrected chi connectivity index (χ0v) is 16.8. The maximum Gasteiger partial charge on any atom is 0.0928 e. The molecule has 2 saturated carbocycles. The van der Waals surface area contributed by atoms with Gasteiger partial charge in [0.2, 0.25) is 0 Å². The third-order valence-corrected chi connectivity index (χ3v) is 7.31. The molecule has 0 atom stereocenters. The number of ether oxygens (including phenoxy) is 1. The van der Waals surface area contributed by atoms with Gasteiger partial charge in [0.25, 0.3) is 0 Å². The van der Waals surface area contributed by atoms with Crippen molar-refractivity contribution in [2.75, 3.05) is 13.8 Å². The smallest absolute Gasteiger partial charge is 0.0928 e. The van der Waals surface area contributed by atoms with Gasteiger partial charge in [0, 0.05) is 7.11 Å².